The molecule has 0 saturated carbocycles. The highest BCUT2D eigenvalue weighted by atomic mass is 19.4. The number of nitrogens with zero attached hydrogens (tertiary/aromatic N) is 1. The van der Waals surface area contributed by atoms with Gasteiger partial charge in [-0.3, -0.25) is 9.59 Å². The average Bonchev–Trinajstić information content (AvgIpc) is 2.24. The van der Waals surface area contributed by atoms with Crippen LogP contribution in [0.5, 0.6) is 0 Å². The van der Waals surface area contributed by atoms with Gasteiger partial charge in [0.05, 0.1) is 19.1 Å². The summed E-state index contributed by atoms with van der Waals surface area (Å²) in [6.07, 6.45) is -12.8. The molecule has 0 aliphatic carbocycles. The molecule has 1 saturated heterocycles. The second-order valence-electron chi connectivity index (χ2n) is 4.07. The van der Waals surface area contributed by atoms with E-state index in [1.54, 1.807) is 0 Å². The number of hydrogen-bond donors (Lipinski definition) is 1. The number of carbonyl (C=O) groups is 2. The van der Waals surface area contributed by atoms with Crippen molar-refractivity contribution < 1.29 is 45.8 Å². The van der Waals surface area contributed by atoms with Crippen LogP contribution >= 0.6 is 0 Å². The number of hydrogen-bond acceptors (Lipinski definition) is 3. The summed E-state index contributed by atoms with van der Waals surface area (Å²) in [6.45, 7) is -2.32. The van der Waals surface area contributed by atoms with E-state index in [2.05, 4.69) is 4.74 Å². The minimum absolute atomic E-state index is 0.433. The number of ether oxygens (including phenoxy) is 1. The van der Waals surface area contributed by atoms with Crippen LogP contribution < -0.4 is 0 Å². The van der Waals surface area contributed by atoms with Gasteiger partial charge in [0, 0.05) is 6.54 Å². The molecule has 1 aliphatic rings. The van der Waals surface area contributed by atoms with Gasteiger partial charge in [0.1, 0.15) is 0 Å². The molecule has 0 spiro atoms. The molecule has 116 valence electrons. The first kappa shape index (κ1) is 16.5. The molecule has 20 heavy (non-hydrogen) atoms. The van der Waals surface area contributed by atoms with Gasteiger partial charge in [0.25, 0.3) is 0 Å². The molecule has 1 rings (SSSR count). The molecule has 0 aromatic carbocycles. The van der Waals surface area contributed by atoms with Crippen molar-refractivity contribution in [1.29, 1.82) is 0 Å². The minimum Gasteiger partial charge on any atom is -0.481 e. The molecule has 1 N–H and O–H groups in total. The van der Waals surface area contributed by atoms with Crippen LogP contribution in [0.2, 0.25) is 0 Å². The Bertz CT molecular complexity index is 393. The predicted octanol–water partition coefficient (Wildman–Crippen LogP) is 1.18. The quantitative estimate of drug-likeness (QED) is 0.778. The lowest BCUT2D eigenvalue weighted by atomic mass is 10.1. The van der Waals surface area contributed by atoms with Gasteiger partial charge in [-0.15, -0.1) is 0 Å². The normalized spacial score (nSPS) is 24.6. The van der Waals surface area contributed by atoms with Crippen LogP contribution in [0.3, 0.4) is 0 Å². The number of alkyl halides is 6. The van der Waals surface area contributed by atoms with E-state index in [-0.39, 0.29) is 0 Å². The average molecular weight is 309 g/mol. The number of morpholine rings is 1. The third-order valence-corrected chi connectivity index (χ3v) is 2.55. The van der Waals surface area contributed by atoms with Crippen molar-refractivity contribution in [1.82, 2.24) is 4.90 Å². The minimum atomic E-state index is -5.48. The molecule has 1 amide bonds. The molecular weight excluding hydrogens is 300 g/mol. The summed E-state index contributed by atoms with van der Waals surface area (Å²) in [7, 11) is 0. The highest BCUT2D eigenvalue weighted by Crippen LogP contribution is 2.32. The number of rotatable bonds is 2. The highest BCUT2D eigenvalue weighted by Gasteiger charge is 2.54. The Kier molecular flexibility index (Phi) is 4.52. The largest absolute Gasteiger partial charge is 0.481 e. The lowest BCUT2D eigenvalue weighted by Crippen LogP contribution is -2.61. The van der Waals surface area contributed by atoms with Crippen molar-refractivity contribution in [2.75, 3.05) is 13.2 Å². The number of amides is 1. The standard InChI is InChI=1S/C9H9F6NO4/c10-8(11,12)5-3-20-4(1-6(17)18)2-16(5)7(19)9(13,14)15/h4-5H,1-3H2,(H,17,18). The monoisotopic (exact) mass is 309 g/mol. The maximum atomic E-state index is 12.6. The molecular formula is C9H9F6NO4. The van der Waals surface area contributed by atoms with Gasteiger partial charge >= 0.3 is 24.2 Å². The molecule has 2 atom stereocenters. The van der Waals surface area contributed by atoms with Crippen LogP contribution in [-0.4, -0.2) is 59.5 Å². The van der Waals surface area contributed by atoms with Crippen LogP contribution in [0.15, 0.2) is 0 Å². The Balaban J connectivity index is 2.95. The molecule has 1 fully saturated rings. The highest BCUT2D eigenvalue weighted by molar-refractivity contribution is 5.82. The van der Waals surface area contributed by atoms with E-state index < -0.39 is 60.8 Å². The summed E-state index contributed by atoms with van der Waals surface area (Å²) in [5, 5.41) is 8.45. The summed E-state index contributed by atoms with van der Waals surface area (Å²) >= 11 is 0. The fourth-order valence-corrected chi connectivity index (χ4v) is 1.69. The third-order valence-electron chi connectivity index (χ3n) is 2.55. The fourth-order valence-electron chi connectivity index (χ4n) is 1.69. The third kappa shape index (κ3) is 3.99. The number of aliphatic carboxylic acids is 1. The molecule has 0 bridgehead atoms. The molecule has 2 unspecified atom stereocenters. The van der Waals surface area contributed by atoms with Crippen LogP contribution in [0.25, 0.3) is 0 Å². The first-order chi connectivity index (χ1) is 8.93. The van der Waals surface area contributed by atoms with E-state index in [4.69, 9.17) is 5.11 Å². The van der Waals surface area contributed by atoms with E-state index in [0.29, 0.717) is 0 Å². The molecule has 11 heteroatoms. The van der Waals surface area contributed by atoms with Gasteiger partial charge < -0.3 is 14.7 Å². The number of halogens is 6. The van der Waals surface area contributed by atoms with Gasteiger partial charge in [0.15, 0.2) is 6.04 Å². The maximum absolute atomic E-state index is 12.6. The summed E-state index contributed by atoms with van der Waals surface area (Å²) in [6, 6.07) is -2.75. The van der Waals surface area contributed by atoms with Gasteiger partial charge in [0.2, 0.25) is 0 Å². The lowest BCUT2D eigenvalue weighted by Gasteiger charge is -2.40. The Hall–Kier alpha value is -1.52. The Morgan fingerprint density at radius 3 is 2.15 bits per heavy atom. The predicted molar refractivity (Wildman–Crippen MR) is 49.6 cm³/mol. The van der Waals surface area contributed by atoms with Gasteiger partial charge in [-0.05, 0) is 0 Å². The van der Waals surface area contributed by atoms with Crippen LogP contribution in [0.1, 0.15) is 6.42 Å². The van der Waals surface area contributed by atoms with Crippen LogP contribution in [0.4, 0.5) is 26.3 Å². The summed E-state index contributed by atoms with van der Waals surface area (Å²) < 4.78 is 79.1. The van der Waals surface area contributed by atoms with E-state index in [0.717, 1.165) is 0 Å². The van der Waals surface area contributed by atoms with Crippen molar-refractivity contribution in [3.05, 3.63) is 0 Å². The van der Waals surface area contributed by atoms with Crippen molar-refractivity contribution in [3.63, 3.8) is 0 Å². The molecule has 0 aromatic rings. The number of carboxylic acid groups (broad SMARTS) is 1. The molecule has 1 aliphatic heterocycles. The summed E-state index contributed by atoms with van der Waals surface area (Å²) in [5.41, 5.74) is 0. The van der Waals surface area contributed by atoms with E-state index in [9.17, 15) is 35.9 Å². The molecule has 1 heterocycles. The lowest BCUT2D eigenvalue weighted by molar-refractivity contribution is -0.239. The van der Waals surface area contributed by atoms with E-state index in [1.165, 1.54) is 0 Å². The van der Waals surface area contributed by atoms with Gasteiger partial charge in [-0.2, -0.15) is 26.3 Å². The van der Waals surface area contributed by atoms with Crippen LogP contribution in [-0.2, 0) is 14.3 Å². The second-order valence-corrected chi connectivity index (χ2v) is 4.07. The summed E-state index contributed by atoms with van der Waals surface area (Å²) in [4.78, 5) is 21.0. The molecule has 0 aromatic heterocycles. The maximum Gasteiger partial charge on any atom is 0.471 e. The van der Waals surface area contributed by atoms with Crippen molar-refractivity contribution >= 4 is 11.9 Å². The fraction of sp³-hybridized carbons (Fsp3) is 0.778. The number of carbonyl (C=O) groups excluding carboxylic acids is 1. The SMILES string of the molecule is O=C(O)CC1CN(C(=O)C(F)(F)F)C(C(F)(F)F)CO1. The second kappa shape index (κ2) is 5.46. The first-order valence-corrected chi connectivity index (χ1v) is 5.21. The van der Waals surface area contributed by atoms with E-state index in [1.807, 2.05) is 0 Å². The van der Waals surface area contributed by atoms with Crippen molar-refractivity contribution in [3.8, 4) is 0 Å². The Morgan fingerprint density at radius 1 is 1.20 bits per heavy atom. The Morgan fingerprint density at radius 2 is 1.75 bits per heavy atom. The van der Waals surface area contributed by atoms with Crippen LogP contribution in [0, 0.1) is 0 Å². The van der Waals surface area contributed by atoms with Gasteiger partial charge in [-0.1, -0.05) is 0 Å². The van der Waals surface area contributed by atoms with E-state index >= 15 is 0 Å². The molecule has 5 nitrogen and oxygen atoms in total. The molecule has 0 radical (unpaired) electrons. The van der Waals surface area contributed by atoms with Crippen molar-refractivity contribution in [2.45, 2.75) is 30.9 Å². The Labute approximate surface area is 108 Å². The zero-order valence-corrected chi connectivity index (χ0v) is 9.66. The first-order valence-electron chi connectivity index (χ1n) is 5.21. The smallest absolute Gasteiger partial charge is 0.471 e. The zero-order valence-electron chi connectivity index (χ0n) is 9.66. The zero-order chi connectivity index (χ0) is 15.7. The summed E-state index contributed by atoms with van der Waals surface area (Å²) in [5.74, 6) is -4.13. The van der Waals surface area contributed by atoms with Gasteiger partial charge in [-0.25, -0.2) is 0 Å². The topological polar surface area (TPSA) is 66.8 Å². The number of carboxylic acids is 1. The van der Waals surface area contributed by atoms with Crippen molar-refractivity contribution in [2.24, 2.45) is 0 Å².